The molecule has 0 bridgehead atoms. The topological polar surface area (TPSA) is 130 Å². The Morgan fingerprint density at radius 2 is 1.91 bits per heavy atom. The molecule has 1 saturated heterocycles. The van der Waals surface area contributed by atoms with Crippen molar-refractivity contribution in [3.63, 3.8) is 0 Å². The highest BCUT2D eigenvalue weighted by Gasteiger charge is 2.34. The molecule has 1 saturated carbocycles. The van der Waals surface area contributed by atoms with Gasteiger partial charge in [-0.2, -0.15) is 5.10 Å². The minimum atomic E-state index is -2.97. The second kappa shape index (κ2) is 12.8. The van der Waals surface area contributed by atoms with Crippen LogP contribution in [0, 0.1) is 0 Å². The third kappa shape index (κ3) is 6.48. The second-order valence-electron chi connectivity index (χ2n) is 11.3. The number of benzene rings is 1. The molecule has 1 aliphatic heterocycles. The molecule has 2 amide bonds. The SMILES string of the molecule is CCc1cc(Nc2nccn3c(-c4cn(CC(F)F)nc4C(F)F)cnc23)ccc1C(=O)N[C@H]1C[C@@H](NC(=O)[C@@H]2CCCN2)C1. The number of carbonyl (C=O) groups is 2. The lowest BCUT2D eigenvalue weighted by Crippen LogP contribution is -2.56. The molecular formula is C30H33F4N9O2. The number of hydrogen-bond donors (Lipinski definition) is 4. The van der Waals surface area contributed by atoms with Gasteiger partial charge in [-0.25, -0.2) is 27.5 Å². The molecule has 11 nitrogen and oxygen atoms in total. The van der Waals surface area contributed by atoms with E-state index >= 15 is 0 Å². The zero-order valence-corrected chi connectivity index (χ0v) is 24.4. The Labute approximate surface area is 255 Å². The Kier molecular flexibility index (Phi) is 8.70. The molecule has 4 aromatic rings. The summed E-state index contributed by atoms with van der Waals surface area (Å²) in [6.45, 7) is 1.99. The summed E-state index contributed by atoms with van der Waals surface area (Å²) in [5, 5.41) is 16.2. The minimum absolute atomic E-state index is 0.00933. The number of halogens is 4. The van der Waals surface area contributed by atoms with Crippen molar-refractivity contribution in [2.45, 2.75) is 76.5 Å². The molecule has 45 heavy (non-hydrogen) atoms. The molecule has 1 aliphatic carbocycles. The molecule has 0 spiro atoms. The van der Waals surface area contributed by atoms with Gasteiger partial charge in [-0.05, 0) is 62.4 Å². The number of rotatable bonds is 11. The lowest BCUT2D eigenvalue weighted by Gasteiger charge is -2.37. The number of aromatic nitrogens is 5. The highest BCUT2D eigenvalue weighted by atomic mass is 19.3. The van der Waals surface area contributed by atoms with Crippen LogP contribution in [-0.2, 0) is 17.8 Å². The van der Waals surface area contributed by atoms with Crippen LogP contribution in [0.2, 0.25) is 0 Å². The molecule has 1 aromatic carbocycles. The van der Waals surface area contributed by atoms with Gasteiger partial charge < -0.3 is 21.3 Å². The van der Waals surface area contributed by atoms with E-state index in [-0.39, 0.29) is 41.2 Å². The Morgan fingerprint density at radius 1 is 1.11 bits per heavy atom. The Hall–Kier alpha value is -4.53. The lowest BCUT2D eigenvalue weighted by atomic mass is 9.86. The number of nitrogens with zero attached hydrogens (tertiary/aromatic N) is 5. The number of carbonyl (C=O) groups excluding carboxylic acids is 2. The zero-order chi connectivity index (χ0) is 31.7. The fraction of sp³-hybridized carbons (Fsp3) is 0.433. The minimum Gasteiger partial charge on any atom is -0.352 e. The summed E-state index contributed by atoms with van der Waals surface area (Å²) < 4.78 is 55.6. The Balaban J connectivity index is 1.14. The summed E-state index contributed by atoms with van der Waals surface area (Å²) in [7, 11) is 0. The van der Waals surface area contributed by atoms with Crippen LogP contribution in [-0.4, -0.2) is 67.1 Å². The molecule has 3 aromatic heterocycles. The highest BCUT2D eigenvalue weighted by molar-refractivity contribution is 5.96. The molecule has 4 N–H and O–H groups in total. The summed E-state index contributed by atoms with van der Waals surface area (Å²) in [6.07, 6.45) is 3.59. The number of nitrogens with one attached hydrogen (secondary N) is 4. The number of hydrogen-bond acceptors (Lipinski definition) is 7. The number of imidazole rings is 1. The van der Waals surface area contributed by atoms with Gasteiger partial charge in [0.2, 0.25) is 5.91 Å². The van der Waals surface area contributed by atoms with E-state index in [0.29, 0.717) is 42.0 Å². The molecule has 0 unspecified atom stereocenters. The van der Waals surface area contributed by atoms with Crippen molar-refractivity contribution in [1.29, 1.82) is 0 Å². The van der Waals surface area contributed by atoms with E-state index in [1.165, 1.54) is 23.0 Å². The molecule has 4 heterocycles. The number of fused-ring (bicyclic) bond motifs is 1. The summed E-state index contributed by atoms with van der Waals surface area (Å²) in [5.41, 5.74) is 1.93. The third-order valence-electron chi connectivity index (χ3n) is 8.22. The zero-order valence-electron chi connectivity index (χ0n) is 24.4. The van der Waals surface area contributed by atoms with E-state index < -0.39 is 25.1 Å². The maximum Gasteiger partial charge on any atom is 0.282 e. The van der Waals surface area contributed by atoms with Crippen LogP contribution in [0.5, 0.6) is 0 Å². The third-order valence-corrected chi connectivity index (χ3v) is 8.22. The molecule has 2 fully saturated rings. The van der Waals surface area contributed by atoms with E-state index in [0.717, 1.165) is 35.8 Å². The average Bonchev–Trinajstić information content (AvgIpc) is 3.76. The van der Waals surface area contributed by atoms with E-state index in [1.54, 1.807) is 12.1 Å². The second-order valence-corrected chi connectivity index (χ2v) is 11.3. The van der Waals surface area contributed by atoms with Gasteiger partial charge in [-0.3, -0.25) is 18.7 Å². The monoisotopic (exact) mass is 627 g/mol. The van der Waals surface area contributed by atoms with Crippen LogP contribution in [0.4, 0.5) is 29.1 Å². The van der Waals surface area contributed by atoms with Crippen LogP contribution < -0.4 is 21.3 Å². The van der Waals surface area contributed by atoms with Gasteiger partial charge in [0.25, 0.3) is 18.8 Å². The smallest absolute Gasteiger partial charge is 0.282 e. The van der Waals surface area contributed by atoms with Crippen LogP contribution in [0.3, 0.4) is 0 Å². The number of amides is 2. The van der Waals surface area contributed by atoms with Gasteiger partial charge in [-0.1, -0.05) is 6.92 Å². The van der Waals surface area contributed by atoms with Crippen molar-refractivity contribution in [2.24, 2.45) is 0 Å². The van der Waals surface area contributed by atoms with Gasteiger partial charge in [0.1, 0.15) is 12.2 Å². The first-order chi connectivity index (χ1) is 21.7. The van der Waals surface area contributed by atoms with Crippen LogP contribution in [0.15, 0.2) is 43.0 Å². The number of aryl methyl sites for hydroxylation is 1. The summed E-state index contributed by atoms with van der Waals surface area (Å²) >= 11 is 0. The first-order valence-corrected chi connectivity index (χ1v) is 14.9. The van der Waals surface area contributed by atoms with Crippen molar-refractivity contribution < 1.29 is 27.2 Å². The van der Waals surface area contributed by atoms with Crippen molar-refractivity contribution in [1.82, 2.24) is 40.1 Å². The maximum absolute atomic E-state index is 13.7. The van der Waals surface area contributed by atoms with Crippen molar-refractivity contribution in [3.05, 3.63) is 59.8 Å². The molecule has 6 rings (SSSR count). The predicted molar refractivity (Wildman–Crippen MR) is 158 cm³/mol. The Morgan fingerprint density at radius 3 is 2.62 bits per heavy atom. The summed E-state index contributed by atoms with van der Waals surface area (Å²) in [5.74, 6) is 0.164. The first kappa shape index (κ1) is 30.5. The predicted octanol–water partition coefficient (Wildman–Crippen LogP) is 4.23. The van der Waals surface area contributed by atoms with Crippen LogP contribution in [0.1, 0.15) is 60.6 Å². The van der Waals surface area contributed by atoms with Crippen molar-refractivity contribution in [3.8, 4) is 11.3 Å². The van der Waals surface area contributed by atoms with Gasteiger partial charge in [0.15, 0.2) is 11.5 Å². The highest BCUT2D eigenvalue weighted by Crippen LogP contribution is 2.32. The first-order valence-electron chi connectivity index (χ1n) is 14.9. The fourth-order valence-electron chi connectivity index (χ4n) is 5.89. The van der Waals surface area contributed by atoms with Gasteiger partial charge in [0.05, 0.1) is 17.9 Å². The Bertz CT molecular complexity index is 1690. The summed E-state index contributed by atoms with van der Waals surface area (Å²) in [6, 6.07) is 5.21. The molecule has 0 radical (unpaired) electrons. The van der Waals surface area contributed by atoms with Gasteiger partial charge >= 0.3 is 0 Å². The van der Waals surface area contributed by atoms with E-state index in [2.05, 4.69) is 36.3 Å². The molecule has 1 atom stereocenters. The van der Waals surface area contributed by atoms with Gasteiger partial charge in [-0.15, -0.1) is 0 Å². The molecule has 2 aliphatic rings. The maximum atomic E-state index is 13.7. The molecular weight excluding hydrogens is 594 g/mol. The normalized spacial score (nSPS) is 19.7. The standard InChI is InChI=1S/C30H33F4N9O2/c1-2-16-10-17(5-6-20(16)29(44)39-18-11-19(12-18)40-30(45)22-4-3-7-35-22)38-27-28-37-13-23(43(28)9-8-36-27)21-14-42(15-24(31)32)41-25(21)26(33)34/h5-6,8-10,13-14,18-19,22,24,26,35H,2-4,7,11-12,15H2,1H3,(H,36,38)(H,39,44)(H,40,45)/t18-,19+,22-/m0/s1. The molecule has 15 heteroatoms. The summed E-state index contributed by atoms with van der Waals surface area (Å²) in [4.78, 5) is 34.2. The van der Waals surface area contributed by atoms with E-state index in [9.17, 15) is 27.2 Å². The number of anilines is 2. The van der Waals surface area contributed by atoms with E-state index in [1.807, 2.05) is 13.0 Å². The van der Waals surface area contributed by atoms with Gasteiger partial charge in [0, 0.05) is 47.5 Å². The number of alkyl halides is 4. The average molecular weight is 628 g/mol. The quantitative estimate of drug-likeness (QED) is 0.183. The molecule has 238 valence electrons. The fourth-order valence-corrected chi connectivity index (χ4v) is 5.89. The van der Waals surface area contributed by atoms with Crippen LogP contribution in [0.25, 0.3) is 16.9 Å². The van der Waals surface area contributed by atoms with Crippen LogP contribution >= 0.6 is 0 Å². The largest absolute Gasteiger partial charge is 0.352 e. The van der Waals surface area contributed by atoms with E-state index in [4.69, 9.17) is 0 Å². The van der Waals surface area contributed by atoms with Crippen molar-refractivity contribution in [2.75, 3.05) is 11.9 Å². The van der Waals surface area contributed by atoms with Crippen molar-refractivity contribution >= 4 is 29.0 Å². The lowest BCUT2D eigenvalue weighted by molar-refractivity contribution is -0.124.